The molecule has 4 N–H and O–H groups in total. The van der Waals surface area contributed by atoms with Crippen LogP contribution in [0.2, 0.25) is 0 Å². The minimum Gasteiger partial charge on any atom is -0.494 e. The van der Waals surface area contributed by atoms with E-state index in [1.54, 1.807) is 35.9 Å². The summed E-state index contributed by atoms with van der Waals surface area (Å²) in [5.41, 5.74) is 2.85. The maximum Gasteiger partial charge on any atom is 0.226 e. The van der Waals surface area contributed by atoms with Crippen LogP contribution in [0.25, 0.3) is 21.1 Å². The summed E-state index contributed by atoms with van der Waals surface area (Å²) in [6, 6.07) is 3.87. The molecule has 176 valence electrons. The van der Waals surface area contributed by atoms with Crippen LogP contribution >= 0.6 is 11.3 Å². The molecule has 6 rings (SSSR count). The highest BCUT2D eigenvalue weighted by Crippen LogP contribution is 2.42. The predicted octanol–water partition coefficient (Wildman–Crippen LogP) is 1.99. The minimum atomic E-state index is -0.866. The Morgan fingerprint density at radius 2 is 2.09 bits per heavy atom. The molecule has 1 aliphatic carbocycles. The molecule has 0 unspecified atom stereocenters. The van der Waals surface area contributed by atoms with Gasteiger partial charge >= 0.3 is 0 Å². The number of ether oxygens (including phenoxy) is 1. The van der Waals surface area contributed by atoms with E-state index in [0.29, 0.717) is 24.4 Å². The van der Waals surface area contributed by atoms with Gasteiger partial charge in [0.1, 0.15) is 22.7 Å². The van der Waals surface area contributed by atoms with E-state index in [1.165, 1.54) is 5.56 Å². The van der Waals surface area contributed by atoms with Gasteiger partial charge < -0.3 is 25.2 Å². The molecule has 1 saturated heterocycles. The van der Waals surface area contributed by atoms with Crippen LogP contribution in [-0.4, -0.2) is 73.6 Å². The van der Waals surface area contributed by atoms with Crippen molar-refractivity contribution in [1.82, 2.24) is 25.1 Å². The standard InChI is InChI=1S/C23H24N6O4S/c1-33-18-6-14-12(7-26-28-14)4-15(18)27-21-20-13-3-2-11(5-19(13)34-22(20)25-10-24-21)23(32)29-8-16(30)17(31)9-29/h4,6-7,10-11,16-17,30-31H,2-3,5,8-9H2,1H3,(H,26,28)(H,24,25,27)/t11-,16-,17-/m0/s1. The van der Waals surface area contributed by atoms with Gasteiger partial charge in [0.25, 0.3) is 0 Å². The van der Waals surface area contributed by atoms with E-state index in [2.05, 4.69) is 25.5 Å². The Morgan fingerprint density at radius 1 is 1.26 bits per heavy atom. The van der Waals surface area contributed by atoms with Gasteiger partial charge in [0.05, 0.1) is 42.1 Å². The lowest BCUT2D eigenvalue weighted by atomic mass is 9.87. The van der Waals surface area contributed by atoms with Crippen molar-refractivity contribution in [3.63, 3.8) is 0 Å². The number of hydrogen-bond donors (Lipinski definition) is 4. The van der Waals surface area contributed by atoms with Crippen molar-refractivity contribution in [2.75, 3.05) is 25.5 Å². The number of benzene rings is 1. The summed E-state index contributed by atoms with van der Waals surface area (Å²) < 4.78 is 5.58. The highest BCUT2D eigenvalue weighted by Gasteiger charge is 2.37. The number of aromatic nitrogens is 4. The van der Waals surface area contributed by atoms with Crippen LogP contribution in [0.4, 0.5) is 11.5 Å². The molecule has 1 fully saturated rings. The third-order valence-corrected chi connectivity index (χ3v) is 7.94. The van der Waals surface area contributed by atoms with Crippen LogP contribution in [0.3, 0.4) is 0 Å². The maximum absolute atomic E-state index is 13.0. The summed E-state index contributed by atoms with van der Waals surface area (Å²) in [7, 11) is 1.63. The van der Waals surface area contributed by atoms with Crippen molar-refractivity contribution in [3.8, 4) is 5.75 Å². The summed E-state index contributed by atoms with van der Waals surface area (Å²) in [5.74, 6) is 1.22. The van der Waals surface area contributed by atoms with Gasteiger partial charge in [0, 0.05) is 35.3 Å². The SMILES string of the molecule is COc1cc2[nH]ncc2cc1Nc1ncnc2sc3c(c12)CC[C@H](C(=O)N1C[C@H](O)[C@@H](O)C1)C3. The maximum atomic E-state index is 13.0. The Labute approximate surface area is 198 Å². The molecule has 3 aromatic heterocycles. The van der Waals surface area contributed by atoms with Gasteiger partial charge in [0.15, 0.2) is 0 Å². The number of rotatable bonds is 4. The van der Waals surface area contributed by atoms with Crippen LogP contribution in [-0.2, 0) is 17.6 Å². The second-order valence-electron chi connectivity index (χ2n) is 8.86. The number of hydrogen-bond acceptors (Lipinski definition) is 9. The second-order valence-corrected chi connectivity index (χ2v) is 9.94. The number of carbonyl (C=O) groups excluding carboxylic acids is 1. The molecule has 0 saturated carbocycles. The van der Waals surface area contributed by atoms with Crippen LogP contribution in [0, 0.1) is 5.92 Å². The Hall–Kier alpha value is -3.28. The number of H-pyrrole nitrogens is 1. The number of likely N-dealkylation sites (tertiary alicyclic amines) is 1. The summed E-state index contributed by atoms with van der Waals surface area (Å²) in [5, 5.41) is 32.1. The zero-order chi connectivity index (χ0) is 23.4. The predicted molar refractivity (Wildman–Crippen MR) is 127 cm³/mol. The molecule has 1 amide bonds. The van der Waals surface area contributed by atoms with Crippen molar-refractivity contribution in [1.29, 1.82) is 0 Å². The molecule has 1 aromatic carbocycles. The van der Waals surface area contributed by atoms with E-state index in [9.17, 15) is 15.0 Å². The lowest BCUT2D eigenvalue weighted by molar-refractivity contribution is -0.135. The smallest absolute Gasteiger partial charge is 0.226 e. The molecule has 0 spiro atoms. The number of anilines is 2. The molecule has 4 aromatic rings. The van der Waals surface area contributed by atoms with E-state index in [0.717, 1.165) is 38.1 Å². The van der Waals surface area contributed by atoms with Crippen molar-refractivity contribution in [3.05, 3.63) is 35.1 Å². The zero-order valence-electron chi connectivity index (χ0n) is 18.5. The number of carbonyl (C=O) groups is 1. The average molecular weight is 481 g/mol. The number of aryl methyl sites for hydroxylation is 1. The van der Waals surface area contributed by atoms with Gasteiger partial charge in [-0.3, -0.25) is 9.89 Å². The number of methoxy groups -OCH3 is 1. The molecule has 0 radical (unpaired) electrons. The lowest BCUT2D eigenvalue weighted by Gasteiger charge is -2.26. The quantitative estimate of drug-likeness (QED) is 0.348. The number of thiophene rings is 1. The number of β-amino-alcohol motifs (C(OH)–C–C–N with tert-alkyl or cyclic N) is 2. The molecule has 34 heavy (non-hydrogen) atoms. The number of fused-ring (bicyclic) bond motifs is 4. The number of aromatic amines is 1. The summed E-state index contributed by atoms with van der Waals surface area (Å²) >= 11 is 1.60. The topological polar surface area (TPSA) is 136 Å². The highest BCUT2D eigenvalue weighted by molar-refractivity contribution is 7.19. The molecule has 2 aliphatic rings. The van der Waals surface area contributed by atoms with Crippen LogP contribution in [0.5, 0.6) is 5.75 Å². The fourth-order valence-corrected chi connectivity index (χ4v) is 6.26. The lowest BCUT2D eigenvalue weighted by Crippen LogP contribution is -2.37. The van der Waals surface area contributed by atoms with Crippen molar-refractivity contribution < 1.29 is 19.7 Å². The fraction of sp³-hybridized carbons (Fsp3) is 0.391. The Bertz CT molecular complexity index is 1390. The molecular weight excluding hydrogens is 456 g/mol. The Morgan fingerprint density at radius 3 is 2.88 bits per heavy atom. The molecule has 10 nitrogen and oxygen atoms in total. The normalized spacial score (nSPS) is 22.3. The molecule has 1 aliphatic heterocycles. The second kappa shape index (κ2) is 8.19. The molecule has 0 bridgehead atoms. The van der Waals surface area contributed by atoms with Crippen LogP contribution < -0.4 is 10.1 Å². The average Bonchev–Trinajstić information content (AvgIpc) is 3.54. The largest absolute Gasteiger partial charge is 0.494 e. The van der Waals surface area contributed by atoms with Crippen LogP contribution in [0.15, 0.2) is 24.7 Å². The van der Waals surface area contributed by atoms with E-state index in [-0.39, 0.29) is 24.9 Å². The van der Waals surface area contributed by atoms with E-state index in [4.69, 9.17) is 4.74 Å². The molecular formula is C23H24N6O4S. The van der Waals surface area contributed by atoms with E-state index >= 15 is 0 Å². The number of amides is 1. The first-order valence-corrected chi connectivity index (χ1v) is 12.0. The molecule has 11 heteroatoms. The Kier molecular flexibility index (Phi) is 5.12. The number of aliphatic hydroxyl groups is 2. The summed E-state index contributed by atoms with van der Waals surface area (Å²) in [6.45, 7) is 0.385. The first-order valence-electron chi connectivity index (χ1n) is 11.2. The van der Waals surface area contributed by atoms with Crippen molar-refractivity contribution in [2.45, 2.75) is 31.5 Å². The third kappa shape index (κ3) is 3.47. The third-order valence-electron chi connectivity index (χ3n) is 6.78. The van der Waals surface area contributed by atoms with Crippen LogP contribution in [0.1, 0.15) is 16.9 Å². The fourth-order valence-electron chi connectivity index (χ4n) is 4.99. The van der Waals surface area contributed by atoms with Gasteiger partial charge in [-0.2, -0.15) is 5.10 Å². The van der Waals surface area contributed by atoms with Crippen molar-refractivity contribution >= 4 is 49.9 Å². The van der Waals surface area contributed by atoms with E-state index in [1.807, 2.05) is 12.1 Å². The summed E-state index contributed by atoms with van der Waals surface area (Å²) in [4.78, 5) is 25.7. The number of nitrogens with one attached hydrogen (secondary N) is 2. The van der Waals surface area contributed by atoms with Gasteiger partial charge in [-0.05, 0) is 30.9 Å². The van der Waals surface area contributed by atoms with Gasteiger partial charge in [-0.1, -0.05) is 0 Å². The molecule has 4 heterocycles. The Balaban J connectivity index is 1.31. The monoisotopic (exact) mass is 480 g/mol. The van der Waals surface area contributed by atoms with Crippen molar-refractivity contribution in [2.24, 2.45) is 5.92 Å². The first kappa shape index (κ1) is 21.3. The first-order chi connectivity index (χ1) is 16.5. The van der Waals surface area contributed by atoms with Gasteiger partial charge in [-0.15, -0.1) is 11.3 Å². The van der Waals surface area contributed by atoms with E-state index < -0.39 is 12.2 Å². The zero-order valence-corrected chi connectivity index (χ0v) is 19.3. The summed E-state index contributed by atoms with van der Waals surface area (Å²) in [6.07, 6.45) is 3.65. The highest BCUT2D eigenvalue weighted by atomic mass is 32.1. The van der Waals surface area contributed by atoms with Gasteiger partial charge in [0.2, 0.25) is 5.91 Å². The number of nitrogens with zero attached hydrogens (tertiary/aromatic N) is 4. The van der Waals surface area contributed by atoms with Gasteiger partial charge in [-0.25, -0.2) is 9.97 Å². The molecule has 3 atom stereocenters. The number of aliphatic hydroxyl groups excluding tert-OH is 2. The minimum absolute atomic E-state index is 0.00119.